The first-order valence-electron chi connectivity index (χ1n) is 12.2. The number of aryl methyl sites for hydroxylation is 1. The summed E-state index contributed by atoms with van der Waals surface area (Å²) in [5, 5.41) is 0. The molecule has 3 aromatic heterocycles. The second-order valence-corrected chi connectivity index (χ2v) is 10.6. The minimum atomic E-state index is 0.269. The summed E-state index contributed by atoms with van der Waals surface area (Å²) in [4.78, 5) is 17.5. The first-order valence-corrected chi connectivity index (χ1v) is 13.0. The minimum Gasteiger partial charge on any atom is -0.355 e. The van der Waals surface area contributed by atoms with E-state index in [0.717, 1.165) is 55.0 Å². The van der Waals surface area contributed by atoms with Crippen molar-refractivity contribution in [2.24, 2.45) is 0 Å². The highest BCUT2D eigenvalue weighted by Gasteiger charge is 2.34. The lowest BCUT2D eigenvalue weighted by molar-refractivity contribution is 0.109. The quantitative estimate of drug-likeness (QED) is 0.480. The summed E-state index contributed by atoms with van der Waals surface area (Å²) in [5.74, 6) is 1.23. The standard InChI is InChI=1S/C26H35BrN6/c1-18(2)31-14-16-32(17-15-31)23-12-6-11-22-29-25(26(27)33(22)23)21-10-5-9-20(30(21)4)24-19(3)8-7-13-28-24/h6-8,11-13,18,20-21H,5,9-10,14-17H2,1-4H3. The van der Waals surface area contributed by atoms with Crippen LogP contribution in [0, 0.1) is 6.92 Å². The molecule has 6 nitrogen and oxygen atoms in total. The van der Waals surface area contributed by atoms with Crippen LogP contribution in [-0.2, 0) is 0 Å². The molecule has 5 heterocycles. The van der Waals surface area contributed by atoms with E-state index in [4.69, 9.17) is 9.97 Å². The Morgan fingerprint density at radius 2 is 1.70 bits per heavy atom. The SMILES string of the molecule is Cc1cccnc1C1CCCC(c2nc3cccc(N4CCN(C(C)C)CC4)n3c2Br)N1C. The van der Waals surface area contributed by atoms with Gasteiger partial charge in [-0.05, 0) is 86.8 Å². The average Bonchev–Trinajstić information content (AvgIpc) is 3.16. The van der Waals surface area contributed by atoms with Gasteiger partial charge in [-0.25, -0.2) is 4.98 Å². The molecule has 2 fully saturated rings. The summed E-state index contributed by atoms with van der Waals surface area (Å²) in [6.07, 6.45) is 5.36. The van der Waals surface area contributed by atoms with E-state index < -0.39 is 0 Å². The smallest absolute Gasteiger partial charge is 0.139 e. The number of rotatable bonds is 4. The van der Waals surface area contributed by atoms with Gasteiger partial charge in [-0.2, -0.15) is 0 Å². The highest BCUT2D eigenvalue weighted by molar-refractivity contribution is 9.10. The Bertz CT molecular complexity index is 1120. The maximum absolute atomic E-state index is 5.15. The topological polar surface area (TPSA) is 39.9 Å². The lowest BCUT2D eigenvalue weighted by Crippen LogP contribution is -2.49. The summed E-state index contributed by atoms with van der Waals surface area (Å²) >= 11 is 3.98. The lowest BCUT2D eigenvalue weighted by Gasteiger charge is -2.39. The van der Waals surface area contributed by atoms with Crippen molar-refractivity contribution in [2.75, 3.05) is 38.1 Å². The molecule has 0 bridgehead atoms. The fourth-order valence-electron chi connectivity index (χ4n) is 5.62. The zero-order valence-corrected chi connectivity index (χ0v) is 21.8. The van der Waals surface area contributed by atoms with E-state index in [9.17, 15) is 0 Å². The van der Waals surface area contributed by atoms with Gasteiger partial charge in [-0.3, -0.25) is 19.2 Å². The van der Waals surface area contributed by atoms with Crippen molar-refractivity contribution in [3.63, 3.8) is 0 Å². The van der Waals surface area contributed by atoms with E-state index >= 15 is 0 Å². The van der Waals surface area contributed by atoms with Gasteiger partial charge in [0.05, 0.1) is 23.5 Å². The molecule has 3 aromatic rings. The number of piperazine rings is 1. The molecule has 2 aliphatic rings. The van der Waals surface area contributed by atoms with Gasteiger partial charge >= 0.3 is 0 Å². The Balaban J connectivity index is 1.47. The van der Waals surface area contributed by atoms with Gasteiger partial charge in [0.2, 0.25) is 0 Å². The maximum Gasteiger partial charge on any atom is 0.139 e. The summed E-state index contributed by atoms with van der Waals surface area (Å²) < 4.78 is 3.40. The molecule has 0 aromatic carbocycles. The van der Waals surface area contributed by atoms with Crippen LogP contribution in [0.3, 0.4) is 0 Å². The second-order valence-electron chi connectivity index (χ2n) is 9.82. The molecule has 0 saturated carbocycles. The summed E-state index contributed by atoms with van der Waals surface area (Å²) in [5.41, 5.74) is 4.63. The summed E-state index contributed by atoms with van der Waals surface area (Å²) in [6.45, 7) is 11.0. The van der Waals surface area contributed by atoms with E-state index in [2.05, 4.69) is 87.1 Å². The Hall–Kier alpha value is -1.96. The number of pyridine rings is 2. The highest BCUT2D eigenvalue weighted by Crippen LogP contribution is 2.43. The number of aromatic nitrogens is 3. The van der Waals surface area contributed by atoms with Gasteiger partial charge < -0.3 is 4.90 Å². The molecule has 0 amide bonds. The number of nitrogens with zero attached hydrogens (tertiary/aromatic N) is 6. The van der Waals surface area contributed by atoms with Crippen molar-refractivity contribution in [1.82, 2.24) is 24.2 Å². The van der Waals surface area contributed by atoms with E-state index in [0.29, 0.717) is 12.1 Å². The fraction of sp³-hybridized carbons (Fsp3) is 0.538. The predicted octanol–water partition coefficient (Wildman–Crippen LogP) is 5.23. The molecule has 0 spiro atoms. The van der Waals surface area contributed by atoms with Crippen LogP contribution in [0.1, 0.15) is 62.1 Å². The minimum absolute atomic E-state index is 0.269. The van der Waals surface area contributed by atoms with Crippen LogP contribution in [0.15, 0.2) is 41.1 Å². The third-order valence-corrected chi connectivity index (χ3v) is 8.34. The zero-order valence-electron chi connectivity index (χ0n) is 20.2. The van der Waals surface area contributed by atoms with Crippen LogP contribution >= 0.6 is 15.9 Å². The Labute approximate surface area is 205 Å². The number of hydrogen-bond donors (Lipinski definition) is 0. The van der Waals surface area contributed by atoms with Crippen molar-refractivity contribution in [2.45, 2.75) is 58.2 Å². The van der Waals surface area contributed by atoms with Crippen molar-refractivity contribution >= 4 is 27.4 Å². The van der Waals surface area contributed by atoms with Gasteiger partial charge in [0.25, 0.3) is 0 Å². The molecule has 2 atom stereocenters. The monoisotopic (exact) mass is 510 g/mol. The first-order chi connectivity index (χ1) is 16.0. The Kier molecular flexibility index (Phi) is 6.47. The van der Waals surface area contributed by atoms with Crippen molar-refractivity contribution in [3.05, 3.63) is 58.1 Å². The third kappa shape index (κ3) is 4.19. The maximum atomic E-state index is 5.15. The summed E-state index contributed by atoms with van der Waals surface area (Å²) in [7, 11) is 2.24. The molecule has 5 rings (SSSR count). The highest BCUT2D eigenvalue weighted by atomic mass is 79.9. The van der Waals surface area contributed by atoms with Crippen LogP contribution in [0.25, 0.3) is 5.65 Å². The van der Waals surface area contributed by atoms with Gasteiger partial charge in [0.1, 0.15) is 16.1 Å². The van der Waals surface area contributed by atoms with Gasteiger partial charge in [0.15, 0.2) is 0 Å². The fourth-order valence-corrected chi connectivity index (χ4v) is 6.34. The third-order valence-electron chi connectivity index (χ3n) is 7.58. The molecule has 0 aliphatic carbocycles. The van der Waals surface area contributed by atoms with Crippen LogP contribution in [0.5, 0.6) is 0 Å². The van der Waals surface area contributed by atoms with Crippen LogP contribution < -0.4 is 4.90 Å². The lowest BCUT2D eigenvalue weighted by atomic mass is 9.91. The van der Waals surface area contributed by atoms with Gasteiger partial charge in [-0.15, -0.1) is 0 Å². The number of hydrogen-bond acceptors (Lipinski definition) is 5. The predicted molar refractivity (Wildman–Crippen MR) is 138 cm³/mol. The summed E-state index contributed by atoms with van der Waals surface area (Å²) in [6, 6.07) is 11.9. The number of piperidine rings is 1. The molecule has 2 saturated heterocycles. The number of halogens is 1. The number of likely N-dealkylation sites (tertiary alicyclic amines) is 1. The van der Waals surface area contributed by atoms with E-state index in [1.807, 2.05) is 12.3 Å². The van der Waals surface area contributed by atoms with Gasteiger partial charge in [-0.1, -0.05) is 12.1 Å². The molecule has 33 heavy (non-hydrogen) atoms. The van der Waals surface area contributed by atoms with E-state index in [1.165, 1.54) is 23.5 Å². The van der Waals surface area contributed by atoms with Crippen molar-refractivity contribution < 1.29 is 0 Å². The first kappa shape index (κ1) is 22.8. The van der Waals surface area contributed by atoms with E-state index in [-0.39, 0.29) is 6.04 Å². The molecule has 176 valence electrons. The number of imidazole rings is 1. The Morgan fingerprint density at radius 3 is 2.39 bits per heavy atom. The van der Waals surface area contributed by atoms with Crippen molar-refractivity contribution in [3.8, 4) is 0 Å². The van der Waals surface area contributed by atoms with E-state index in [1.54, 1.807) is 0 Å². The molecular weight excluding hydrogens is 476 g/mol. The van der Waals surface area contributed by atoms with Crippen LogP contribution in [0.2, 0.25) is 0 Å². The molecular formula is C26H35BrN6. The van der Waals surface area contributed by atoms with Crippen molar-refractivity contribution in [1.29, 1.82) is 0 Å². The Morgan fingerprint density at radius 1 is 0.970 bits per heavy atom. The molecule has 0 N–H and O–H groups in total. The molecule has 2 aliphatic heterocycles. The molecule has 0 radical (unpaired) electrons. The van der Waals surface area contributed by atoms with Crippen LogP contribution in [-0.4, -0.2) is 63.4 Å². The average molecular weight is 512 g/mol. The van der Waals surface area contributed by atoms with Crippen LogP contribution in [0.4, 0.5) is 5.82 Å². The normalized spacial score (nSPS) is 23.0. The molecule has 2 unspecified atom stereocenters. The number of fused-ring (bicyclic) bond motifs is 1. The van der Waals surface area contributed by atoms with Gasteiger partial charge in [0, 0.05) is 38.4 Å². The largest absolute Gasteiger partial charge is 0.355 e. The molecule has 7 heteroatoms. The zero-order chi connectivity index (χ0) is 23.1. The second kappa shape index (κ2) is 9.35. The number of anilines is 1.